The molecule has 0 bridgehead atoms. The van der Waals surface area contributed by atoms with E-state index < -0.39 is 0 Å². The molecular formula is C11H19N. The van der Waals surface area contributed by atoms with E-state index >= 15 is 0 Å². The van der Waals surface area contributed by atoms with Crippen LogP contribution in [0.3, 0.4) is 0 Å². The summed E-state index contributed by atoms with van der Waals surface area (Å²) < 4.78 is 0. The van der Waals surface area contributed by atoms with E-state index in [1.165, 1.54) is 18.4 Å². The van der Waals surface area contributed by atoms with Crippen LogP contribution in [-0.4, -0.2) is 11.8 Å². The number of hydrogen-bond donors (Lipinski definition) is 0. The van der Waals surface area contributed by atoms with Crippen LogP contribution in [0.1, 0.15) is 46.5 Å². The highest BCUT2D eigenvalue weighted by atomic mass is 14.9. The van der Waals surface area contributed by atoms with Gasteiger partial charge in [-0.1, -0.05) is 19.4 Å². The molecule has 0 aromatic carbocycles. The van der Waals surface area contributed by atoms with Crippen LogP contribution < -0.4 is 0 Å². The molecule has 68 valence electrons. The highest BCUT2D eigenvalue weighted by Gasteiger charge is 2.35. The fraction of sp³-hybridized carbons (Fsp3) is 0.727. The molecule has 0 radical (unpaired) electrons. The molecule has 12 heavy (non-hydrogen) atoms. The molecule has 1 rings (SSSR count). The second-order valence-corrected chi connectivity index (χ2v) is 3.81. The van der Waals surface area contributed by atoms with Crippen molar-refractivity contribution in [3.8, 4) is 0 Å². The summed E-state index contributed by atoms with van der Waals surface area (Å²) in [6.07, 6.45) is 9.01. The minimum absolute atomic E-state index is 0.309. The van der Waals surface area contributed by atoms with Gasteiger partial charge in [0.25, 0.3) is 0 Å². The number of aliphatic imine (C=N–C) groups is 1. The van der Waals surface area contributed by atoms with Crippen molar-refractivity contribution in [2.75, 3.05) is 0 Å². The molecule has 1 aliphatic carbocycles. The minimum atomic E-state index is 0.309. The number of allylic oxidation sites excluding steroid dienone is 2. The molecule has 0 amide bonds. The van der Waals surface area contributed by atoms with E-state index in [1.54, 1.807) is 0 Å². The predicted octanol–water partition coefficient (Wildman–Crippen LogP) is 3.36. The Labute approximate surface area is 75.6 Å². The van der Waals surface area contributed by atoms with Crippen LogP contribution >= 0.6 is 0 Å². The van der Waals surface area contributed by atoms with Crippen molar-refractivity contribution in [2.24, 2.45) is 4.99 Å². The highest BCUT2D eigenvalue weighted by Crippen LogP contribution is 2.38. The molecule has 0 aliphatic heterocycles. The van der Waals surface area contributed by atoms with Crippen LogP contribution in [0.2, 0.25) is 0 Å². The van der Waals surface area contributed by atoms with Gasteiger partial charge in [0.1, 0.15) is 0 Å². The van der Waals surface area contributed by atoms with Gasteiger partial charge in [-0.05, 0) is 38.7 Å². The predicted molar refractivity (Wildman–Crippen MR) is 54.8 cm³/mol. The fourth-order valence-electron chi connectivity index (χ4n) is 1.12. The van der Waals surface area contributed by atoms with Gasteiger partial charge in [0.05, 0.1) is 5.54 Å². The first-order valence-electron chi connectivity index (χ1n) is 4.93. The van der Waals surface area contributed by atoms with E-state index in [9.17, 15) is 0 Å². The smallest absolute Gasteiger partial charge is 0.0581 e. The number of hydrogen-bond acceptors (Lipinski definition) is 1. The molecule has 0 N–H and O–H groups in total. The fourth-order valence-corrected chi connectivity index (χ4v) is 1.12. The van der Waals surface area contributed by atoms with Gasteiger partial charge in [-0.15, -0.1) is 0 Å². The quantitative estimate of drug-likeness (QED) is 0.566. The summed E-state index contributed by atoms with van der Waals surface area (Å²) >= 11 is 0. The van der Waals surface area contributed by atoms with Gasteiger partial charge in [0.2, 0.25) is 0 Å². The van der Waals surface area contributed by atoms with E-state index in [-0.39, 0.29) is 0 Å². The first-order valence-corrected chi connectivity index (χ1v) is 4.93. The van der Waals surface area contributed by atoms with Gasteiger partial charge >= 0.3 is 0 Å². The van der Waals surface area contributed by atoms with Crippen molar-refractivity contribution in [2.45, 2.75) is 52.0 Å². The lowest BCUT2D eigenvalue weighted by atomic mass is 10.1. The van der Waals surface area contributed by atoms with Gasteiger partial charge < -0.3 is 0 Å². The van der Waals surface area contributed by atoms with Crippen molar-refractivity contribution in [1.29, 1.82) is 0 Å². The maximum atomic E-state index is 4.50. The van der Waals surface area contributed by atoms with E-state index in [0.717, 1.165) is 12.8 Å². The van der Waals surface area contributed by atoms with E-state index in [1.807, 2.05) is 6.21 Å². The molecule has 0 saturated heterocycles. The highest BCUT2D eigenvalue weighted by molar-refractivity contribution is 5.72. The maximum absolute atomic E-state index is 4.50. The molecule has 0 aromatic rings. The Bertz CT molecular complexity index is 191. The summed E-state index contributed by atoms with van der Waals surface area (Å²) in [5, 5.41) is 0. The Kier molecular flexibility index (Phi) is 3.07. The van der Waals surface area contributed by atoms with E-state index in [2.05, 4.69) is 31.8 Å². The standard InChI is InChI=1S/C11H19N/c1-4-10(5-2)6-9-12-11(3)7-8-11/h6,9H,4-5,7-8H2,1-3H3. The van der Waals surface area contributed by atoms with Crippen LogP contribution in [-0.2, 0) is 0 Å². The Balaban J connectivity index is 2.40. The summed E-state index contributed by atoms with van der Waals surface area (Å²) in [6, 6.07) is 0. The molecular weight excluding hydrogens is 146 g/mol. The second kappa shape index (κ2) is 3.88. The van der Waals surface area contributed by atoms with Crippen molar-refractivity contribution in [3.63, 3.8) is 0 Å². The zero-order valence-corrected chi connectivity index (χ0v) is 8.43. The zero-order valence-electron chi connectivity index (χ0n) is 8.43. The largest absolute Gasteiger partial charge is 0.287 e. The van der Waals surface area contributed by atoms with Crippen LogP contribution in [0.15, 0.2) is 16.6 Å². The number of nitrogens with zero attached hydrogens (tertiary/aromatic N) is 1. The minimum Gasteiger partial charge on any atom is -0.287 e. The van der Waals surface area contributed by atoms with Crippen molar-refractivity contribution >= 4 is 6.21 Å². The number of rotatable bonds is 4. The third kappa shape index (κ3) is 2.80. The molecule has 1 saturated carbocycles. The summed E-state index contributed by atoms with van der Waals surface area (Å²) in [6.45, 7) is 6.61. The van der Waals surface area contributed by atoms with Crippen LogP contribution in [0.5, 0.6) is 0 Å². The van der Waals surface area contributed by atoms with Crippen molar-refractivity contribution in [1.82, 2.24) is 0 Å². The topological polar surface area (TPSA) is 12.4 Å². The molecule has 1 fully saturated rings. The molecule has 1 aliphatic rings. The summed E-state index contributed by atoms with van der Waals surface area (Å²) in [7, 11) is 0. The molecule has 0 spiro atoms. The first-order chi connectivity index (χ1) is 5.70. The molecule has 0 unspecified atom stereocenters. The lowest BCUT2D eigenvalue weighted by Gasteiger charge is -1.98. The molecule has 1 nitrogen and oxygen atoms in total. The van der Waals surface area contributed by atoms with Gasteiger partial charge in [-0.3, -0.25) is 4.99 Å². The normalized spacial score (nSPS) is 19.6. The van der Waals surface area contributed by atoms with Crippen molar-refractivity contribution < 1.29 is 0 Å². The van der Waals surface area contributed by atoms with E-state index in [4.69, 9.17) is 0 Å². The third-order valence-electron chi connectivity index (χ3n) is 2.58. The lowest BCUT2D eigenvalue weighted by molar-refractivity contribution is 0.770. The Morgan fingerprint density at radius 3 is 2.33 bits per heavy atom. The first kappa shape index (κ1) is 9.50. The van der Waals surface area contributed by atoms with Crippen LogP contribution in [0.25, 0.3) is 0 Å². The Hall–Kier alpha value is -0.590. The Morgan fingerprint density at radius 2 is 1.92 bits per heavy atom. The van der Waals surface area contributed by atoms with Gasteiger partial charge in [0.15, 0.2) is 0 Å². The van der Waals surface area contributed by atoms with Crippen molar-refractivity contribution in [3.05, 3.63) is 11.6 Å². The second-order valence-electron chi connectivity index (χ2n) is 3.81. The molecule has 0 aromatic heterocycles. The van der Waals surface area contributed by atoms with Crippen LogP contribution in [0, 0.1) is 0 Å². The summed E-state index contributed by atoms with van der Waals surface area (Å²) in [5.74, 6) is 0. The van der Waals surface area contributed by atoms with Gasteiger partial charge in [0, 0.05) is 6.21 Å². The average Bonchev–Trinajstić information content (AvgIpc) is 2.78. The van der Waals surface area contributed by atoms with Gasteiger partial charge in [-0.2, -0.15) is 0 Å². The molecule has 0 heterocycles. The molecule has 0 atom stereocenters. The van der Waals surface area contributed by atoms with Crippen LogP contribution in [0.4, 0.5) is 0 Å². The third-order valence-corrected chi connectivity index (χ3v) is 2.58. The Morgan fingerprint density at radius 1 is 1.33 bits per heavy atom. The maximum Gasteiger partial charge on any atom is 0.0581 e. The summed E-state index contributed by atoms with van der Waals surface area (Å²) in [4.78, 5) is 4.50. The monoisotopic (exact) mass is 165 g/mol. The SMILES string of the molecule is CCC(=CC=NC1(C)CC1)CC. The lowest BCUT2D eigenvalue weighted by Crippen LogP contribution is -1.94. The van der Waals surface area contributed by atoms with E-state index in [0.29, 0.717) is 5.54 Å². The van der Waals surface area contributed by atoms with Gasteiger partial charge in [-0.25, -0.2) is 0 Å². The summed E-state index contributed by atoms with van der Waals surface area (Å²) in [5.41, 5.74) is 1.80. The average molecular weight is 165 g/mol. The molecule has 1 heteroatoms. The zero-order chi connectivity index (χ0) is 9.03.